The molecule has 2 atom stereocenters. The first-order valence-electron chi connectivity index (χ1n) is 18.1. The average Bonchev–Trinajstić information content (AvgIpc) is 2.96. The number of aromatic hydroxyl groups is 2. The van der Waals surface area contributed by atoms with Crippen molar-refractivity contribution < 1.29 is 29.3 Å². The number of carbonyl (C=O) groups excluding carboxylic acids is 2. The van der Waals surface area contributed by atoms with Crippen molar-refractivity contribution in [3.8, 4) is 11.5 Å². The fourth-order valence-electron chi connectivity index (χ4n) is 6.12. The minimum atomic E-state index is -0.235. The summed E-state index contributed by atoms with van der Waals surface area (Å²) in [5.74, 6) is 1.46. The van der Waals surface area contributed by atoms with E-state index in [1.54, 1.807) is 11.8 Å². The van der Waals surface area contributed by atoms with Gasteiger partial charge >= 0.3 is 11.9 Å². The molecule has 2 aromatic carbocycles. The number of phenols is 2. The van der Waals surface area contributed by atoms with E-state index in [1.807, 2.05) is 0 Å². The molecule has 0 saturated heterocycles. The molecule has 0 aliphatic rings. The van der Waals surface area contributed by atoms with Gasteiger partial charge in [0.05, 0.1) is 12.8 Å². The van der Waals surface area contributed by atoms with Crippen LogP contribution >= 0.6 is 11.8 Å². The van der Waals surface area contributed by atoms with Gasteiger partial charge in [0.25, 0.3) is 0 Å². The Hall–Kier alpha value is -2.67. The summed E-state index contributed by atoms with van der Waals surface area (Å²) >= 11 is 1.59. The van der Waals surface area contributed by atoms with Crippen molar-refractivity contribution in [2.75, 3.05) is 24.7 Å². The fraction of sp³-hybridized carbons (Fsp3) is 0.667. The predicted molar refractivity (Wildman–Crippen MR) is 206 cm³/mol. The molecule has 0 aromatic heterocycles. The third-order valence-corrected chi connectivity index (χ3v) is 10.1. The average molecular weight is 699 g/mol. The van der Waals surface area contributed by atoms with Crippen LogP contribution in [0.1, 0.15) is 168 Å². The molecule has 0 saturated carbocycles. The second kappa shape index (κ2) is 17.0. The van der Waals surface area contributed by atoms with Crippen LogP contribution in [0.25, 0.3) is 0 Å². The number of benzene rings is 2. The molecule has 0 heterocycles. The van der Waals surface area contributed by atoms with E-state index >= 15 is 0 Å². The first kappa shape index (κ1) is 42.5. The van der Waals surface area contributed by atoms with E-state index in [9.17, 15) is 19.8 Å². The van der Waals surface area contributed by atoms with Crippen LogP contribution in [0.3, 0.4) is 0 Å². The zero-order valence-electron chi connectivity index (χ0n) is 33.1. The van der Waals surface area contributed by atoms with Crippen LogP contribution in [0, 0.1) is 0 Å². The summed E-state index contributed by atoms with van der Waals surface area (Å²) in [5, 5.41) is 22.2. The normalized spacial score (nSPS) is 14.0. The topological polar surface area (TPSA) is 93.1 Å². The van der Waals surface area contributed by atoms with Gasteiger partial charge in [0.1, 0.15) is 24.7 Å². The van der Waals surface area contributed by atoms with E-state index in [2.05, 4.69) is 121 Å². The lowest BCUT2D eigenvalue weighted by Gasteiger charge is -2.29. The quantitative estimate of drug-likeness (QED) is 0.150. The van der Waals surface area contributed by atoms with Gasteiger partial charge in [-0.2, -0.15) is 11.8 Å². The van der Waals surface area contributed by atoms with Crippen LogP contribution < -0.4 is 0 Å². The molecule has 0 spiro atoms. The van der Waals surface area contributed by atoms with Crippen LogP contribution in [-0.2, 0) is 40.7 Å². The van der Waals surface area contributed by atoms with Crippen molar-refractivity contribution in [2.45, 2.75) is 156 Å². The number of ether oxygens (including phenoxy) is 2. The van der Waals surface area contributed by atoms with Crippen molar-refractivity contribution in [2.24, 2.45) is 0 Å². The monoisotopic (exact) mass is 698 g/mol. The van der Waals surface area contributed by atoms with E-state index in [4.69, 9.17) is 9.47 Å². The van der Waals surface area contributed by atoms with Crippen molar-refractivity contribution >= 4 is 23.7 Å². The second-order valence-electron chi connectivity index (χ2n) is 17.6. The molecule has 49 heavy (non-hydrogen) atoms. The molecule has 2 unspecified atom stereocenters. The summed E-state index contributed by atoms with van der Waals surface area (Å²) in [6, 6.07) is 8.23. The molecular formula is C42H66O6S. The van der Waals surface area contributed by atoms with Gasteiger partial charge < -0.3 is 19.7 Å². The first-order valence-corrected chi connectivity index (χ1v) is 19.2. The number of thioether (sulfide) groups is 1. The fourth-order valence-corrected chi connectivity index (χ4v) is 6.73. The summed E-state index contributed by atoms with van der Waals surface area (Å²) in [5.41, 5.74) is 4.77. The largest absolute Gasteiger partial charge is 0.507 e. The Kier molecular flexibility index (Phi) is 14.8. The molecule has 0 aliphatic carbocycles. The minimum absolute atomic E-state index is 0.00371. The van der Waals surface area contributed by atoms with E-state index in [-0.39, 0.29) is 58.3 Å². The molecule has 276 valence electrons. The number of hydrogen-bond acceptors (Lipinski definition) is 7. The Morgan fingerprint density at radius 1 is 0.571 bits per heavy atom. The molecule has 0 bridgehead atoms. The van der Waals surface area contributed by atoms with E-state index in [1.165, 1.54) is 0 Å². The molecule has 0 radical (unpaired) electrons. The van der Waals surface area contributed by atoms with Gasteiger partial charge in [-0.05, 0) is 79.7 Å². The van der Waals surface area contributed by atoms with Crippen LogP contribution in [0.5, 0.6) is 11.5 Å². The van der Waals surface area contributed by atoms with Crippen molar-refractivity contribution in [3.05, 3.63) is 57.6 Å². The maximum Gasteiger partial charge on any atom is 0.306 e. The second-order valence-corrected chi connectivity index (χ2v) is 18.8. The highest BCUT2D eigenvalue weighted by Gasteiger charge is 2.30. The first-order chi connectivity index (χ1) is 22.4. The lowest BCUT2D eigenvalue weighted by atomic mass is 9.76. The third-order valence-electron chi connectivity index (χ3n) is 9.23. The van der Waals surface area contributed by atoms with Gasteiger partial charge in [-0.3, -0.25) is 9.59 Å². The third kappa shape index (κ3) is 12.3. The number of phenolic OH excluding ortho intramolecular Hbond substituents is 2. The Morgan fingerprint density at radius 2 is 0.837 bits per heavy atom. The molecule has 0 fully saturated rings. The van der Waals surface area contributed by atoms with Crippen LogP contribution in [0.15, 0.2) is 24.3 Å². The Balaban J connectivity index is 1.90. The predicted octanol–water partition coefficient (Wildman–Crippen LogP) is 10.6. The van der Waals surface area contributed by atoms with E-state index < -0.39 is 0 Å². The molecule has 2 N–H and O–H groups in total. The van der Waals surface area contributed by atoms with Gasteiger partial charge in [-0.1, -0.05) is 121 Å². The summed E-state index contributed by atoms with van der Waals surface area (Å²) < 4.78 is 11.2. The minimum Gasteiger partial charge on any atom is -0.507 e. The van der Waals surface area contributed by atoms with E-state index in [0.29, 0.717) is 36.2 Å². The lowest BCUT2D eigenvalue weighted by Crippen LogP contribution is -2.19. The summed E-state index contributed by atoms with van der Waals surface area (Å²) in [6.45, 7) is 29.9. The van der Waals surface area contributed by atoms with E-state index in [0.717, 1.165) is 46.2 Å². The molecular weight excluding hydrogens is 633 g/mol. The van der Waals surface area contributed by atoms with Gasteiger partial charge in [0, 0.05) is 11.5 Å². The number of hydrogen-bond donors (Lipinski definition) is 2. The number of rotatable bonds is 14. The molecule has 0 amide bonds. The number of esters is 2. The molecule has 2 rings (SSSR count). The van der Waals surface area contributed by atoms with Crippen LogP contribution in [0.4, 0.5) is 0 Å². The highest BCUT2D eigenvalue weighted by atomic mass is 32.2. The zero-order valence-corrected chi connectivity index (χ0v) is 33.9. The maximum absolute atomic E-state index is 12.8. The summed E-state index contributed by atoms with van der Waals surface area (Å²) in [6.07, 6.45) is 2.14. The summed E-state index contributed by atoms with van der Waals surface area (Å²) in [7, 11) is 0. The Labute approximate surface area is 302 Å². The van der Waals surface area contributed by atoms with Crippen molar-refractivity contribution in [1.29, 1.82) is 0 Å². The molecule has 0 aliphatic heterocycles. The molecule has 6 nitrogen and oxygen atoms in total. The SMILES string of the molecule is CCC(CC(=O)OCCSCCOC(=O)CC(CC)c1cc(C(C)(C)C)c(O)c(C(C)(C)C)c1)c1cc(C(C)(C)C)c(O)c(C(C)(C)C)c1. The Morgan fingerprint density at radius 3 is 1.06 bits per heavy atom. The number of carbonyl (C=O) groups is 2. The van der Waals surface area contributed by atoms with Crippen molar-refractivity contribution in [1.82, 2.24) is 0 Å². The molecule has 7 heteroatoms. The summed E-state index contributed by atoms with van der Waals surface area (Å²) in [4.78, 5) is 25.7. The van der Waals surface area contributed by atoms with Gasteiger partial charge in [0.15, 0.2) is 0 Å². The Bertz CT molecular complexity index is 1240. The smallest absolute Gasteiger partial charge is 0.306 e. The van der Waals surface area contributed by atoms with Crippen molar-refractivity contribution in [3.63, 3.8) is 0 Å². The highest BCUT2D eigenvalue weighted by Crippen LogP contribution is 2.43. The van der Waals surface area contributed by atoms with Gasteiger partial charge in [-0.25, -0.2) is 0 Å². The zero-order chi connectivity index (χ0) is 37.5. The van der Waals surface area contributed by atoms with Gasteiger partial charge in [-0.15, -0.1) is 0 Å². The van der Waals surface area contributed by atoms with Crippen LogP contribution in [0.2, 0.25) is 0 Å². The highest BCUT2D eigenvalue weighted by molar-refractivity contribution is 7.99. The lowest BCUT2D eigenvalue weighted by molar-refractivity contribution is -0.144. The van der Waals surface area contributed by atoms with Crippen LogP contribution in [-0.4, -0.2) is 46.9 Å². The maximum atomic E-state index is 12.8. The standard InChI is InChI=1S/C42H66O6S/c1-15-27(29-21-31(39(3,4)5)37(45)32(22-29)40(6,7)8)25-35(43)47-17-19-49-20-18-48-36(44)26-28(16-2)30-23-33(41(9,10)11)38(46)34(24-30)42(12,13)14/h21-24,27-28,45-46H,15-20,25-26H2,1-14H3. The van der Waals surface area contributed by atoms with Gasteiger partial charge in [0.2, 0.25) is 0 Å². The molecule has 2 aromatic rings.